The Morgan fingerprint density at radius 1 is 0.923 bits per heavy atom. The number of hydrogen-bond donors (Lipinski definition) is 1. The molecule has 0 radical (unpaired) electrons. The van der Waals surface area contributed by atoms with Crippen molar-refractivity contribution in [3.63, 3.8) is 0 Å². The second-order valence-electron chi connectivity index (χ2n) is 5.01. The lowest BCUT2D eigenvalue weighted by atomic mass is 10.3. The van der Waals surface area contributed by atoms with Gasteiger partial charge in [0.2, 0.25) is 12.2 Å². The zero-order chi connectivity index (χ0) is 20.5. The predicted octanol–water partition coefficient (Wildman–Crippen LogP) is 2.14. The van der Waals surface area contributed by atoms with Crippen molar-refractivity contribution in [2.45, 2.75) is 50.0 Å². The van der Waals surface area contributed by atoms with Crippen molar-refractivity contribution in [1.29, 1.82) is 5.41 Å². The molecule has 26 heavy (non-hydrogen) atoms. The molecule has 0 amide bonds. The summed E-state index contributed by atoms with van der Waals surface area (Å²) in [6.45, 7) is 4.40. The van der Waals surface area contributed by atoms with E-state index in [9.17, 15) is 14.4 Å². The van der Waals surface area contributed by atoms with Gasteiger partial charge >= 0.3 is 17.9 Å². The first kappa shape index (κ1) is 24.7. The fourth-order valence-electron chi connectivity index (χ4n) is 1.46. The summed E-state index contributed by atoms with van der Waals surface area (Å²) in [6, 6.07) is 0. The molecule has 12 heteroatoms. The molecular weight excluding hydrogens is 417 g/mol. The van der Waals surface area contributed by atoms with Gasteiger partial charge in [-0.2, -0.15) is 0 Å². The molecule has 0 aliphatic heterocycles. The van der Waals surface area contributed by atoms with Gasteiger partial charge in [-0.25, -0.2) is 0 Å². The highest BCUT2D eigenvalue weighted by molar-refractivity contribution is 6.76. The number of halogens is 3. The first-order valence-corrected chi connectivity index (χ1v) is 8.38. The summed E-state index contributed by atoms with van der Waals surface area (Å²) in [5.41, 5.74) is 0. The third-order valence-electron chi connectivity index (χ3n) is 2.45. The van der Waals surface area contributed by atoms with Crippen LogP contribution in [0.2, 0.25) is 0 Å². The van der Waals surface area contributed by atoms with Gasteiger partial charge in [-0.1, -0.05) is 34.8 Å². The first-order chi connectivity index (χ1) is 11.8. The largest absolute Gasteiger partial charge is 0.463 e. The quantitative estimate of drug-likeness (QED) is 0.146. The Labute approximate surface area is 165 Å². The van der Waals surface area contributed by atoms with Crippen molar-refractivity contribution in [2.75, 3.05) is 13.2 Å². The number of nitrogens with one attached hydrogen (secondary N) is 1. The number of esters is 3. The minimum Gasteiger partial charge on any atom is -0.463 e. The van der Waals surface area contributed by atoms with Crippen LogP contribution >= 0.6 is 34.8 Å². The van der Waals surface area contributed by atoms with Crippen LogP contribution in [0, 0.1) is 5.41 Å². The van der Waals surface area contributed by atoms with Gasteiger partial charge in [0.15, 0.2) is 6.10 Å². The first-order valence-electron chi connectivity index (χ1n) is 7.24. The van der Waals surface area contributed by atoms with Gasteiger partial charge in [0.1, 0.15) is 13.2 Å². The van der Waals surface area contributed by atoms with Crippen LogP contribution in [0.3, 0.4) is 0 Å². The van der Waals surface area contributed by atoms with E-state index < -0.39 is 52.7 Å². The molecule has 0 aromatic heterocycles. The Morgan fingerprint density at radius 3 is 1.85 bits per heavy atom. The molecule has 1 N–H and O–H groups in total. The minimum atomic E-state index is -2.21. The molecule has 0 aromatic rings. The van der Waals surface area contributed by atoms with Crippen LogP contribution in [0.5, 0.6) is 0 Å². The van der Waals surface area contributed by atoms with E-state index in [0.29, 0.717) is 0 Å². The second-order valence-corrected chi connectivity index (χ2v) is 7.29. The fourth-order valence-corrected chi connectivity index (χ4v) is 1.59. The molecule has 9 nitrogen and oxygen atoms in total. The average molecular weight is 437 g/mol. The van der Waals surface area contributed by atoms with Crippen LogP contribution in [-0.2, 0) is 38.1 Å². The summed E-state index contributed by atoms with van der Waals surface area (Å²) >= 11 is 16.7. The lowest BCUT2D eigenvalue weighted by molar-refractivity contribution is -0.212. The zero-order valence-corrected chi connectivity index (χ0v) is 16.8. The van der Waals surface area contributed by atoms with E-state index in [1.54, 1.807) is 0 Å². The topological polar surface area (TPSA) is 121 Å². The molecule has 0 aliphatic carbocycles. The fraction of sp³-hybridized carbons (Fsp3) is 0.714. The Balaban J connectivity index is 5.31. The van der Waals surface area contributed by atoms with Gasteiger partial charge in [-0.15, -0.1) is 0 Å². The molecule has 3 unspecified atom stereocenters. The van der Waals surface area contributed by atoms with Gasteiger partial charge in [0.25, 0.3) is 3.79 Å². The molecule has 0 fully saturated rings. The zero-order valence-electron chi connectivity index (χ0n) is 14.5. The van der Waals surface area contributed by atoms with Crippen molar-refractivity contribution in [1.82, 2.24) is 0 Å². The van der Waals surface area contributed by atoms with Crippen LogP contribution in [0.25, 0.3) is 0 Å². The van der Waals surface area contributed by atoms with Gasteiger partial charge in [-0.3, -0.25) is 19.8 Å². The maximum Gasteiger partial charge on any atom is 0.303 e. The van der Waals surface area contributed by atoms with E-state index in [0.717, 1.165) is 13.8 Å². The Kier molecular flexibility index (Phi) is 10.9. The maximum atomic E-state index is 11.3. The van der Waals surface area contributed by atoms with Gasteiger partial charge < -0.3 is 23.7 Å². The van der Waals surface area contributed by atoms with Gasteiger partial charge in [0.05, 0.1) is 6.10 Å². The van der Waals surface area contributed by atoms with Crippen LogP contribution < -0.4 is 0 Å². The number of ether oxygens (including phenoxy) is 5. The number of carbonyl (C=O) groups is 3. The van der Waals surface area contributed by atoms with Crippen LogP contribution in [0.15, 0.2) is 0 Å². The predicted molar refractivity (Wildman–Crippen MR) is 92.3 cm³/mol. The van der Waals surface area contributed by atoms with E-state index in [4.69, 9.17) is 63.9 Å². The standard InChI is InChI=1S/C14H20Cl3NO8/c1-7(5-22-8(2)19)24-12(26-13(18)14(15,16)17)11(25-10(4)21)6-23-9(3)20/h7,11-12,18H,5-6H2,1-4H3. The maximum absolute atomic E-state index is 11.3. The van der Waals surface area contributed by atoms with Gasteiger partial charge in [0, 0.05) is 20.8 Å². The summed E-state index contributed by atoms with van der Waals surface area (Å²) in [7, 11) is 0. The van der Waals surface area contributed by atoms with Crippen LogP contribution in [0.4, 0.5) is 0 Å². The summed E-state index contributed by atoms with van der Waals surface area (Å²) in [4.78, 5) is 33.2. The molecule has 0 rings (SSSR count). The summed E-state index contributed by atoms with van der Waals surface area (Å²) in [6.07, 6.45) is -3.50. The van der Waals surface area contributed by atoms with Crippen molar-refractivity contribution < 1.29 is 38.1 Å². The Bertz CT molecular complexity index is 523. The van der Waals surface area contributed by atoms with E-state index in [1.807, 2.05) is 0 Å². The van der Waals surface area contributed by atoms with Crippen molar-refractivity contribution in [3.05, 3.63) is 0 Å². The number of rotatable bonds is 9. The third-order valence-corrected chi connectivity index (χ3v) is 2.97. The number of alkyl halides is 3. The van der Waals surface area contributed by atoms with E-state index >= 15 is 0 Å². The second kappa shape index (κ2) is 11.4. The molecular formula is C14H20Cl3NO8. The summed E-state index contributed by atoms with van der Waals surface area (Å²) in [5.74, 6) is -2.73. The molecule has 0 spiro atoms. The molecule has 0 aromatic carbocycles. The SMILES string of the molecule is CC(=O)OCC(C)OC(OC(=N)C(Cl)(Cl)Cl)C(COC(C)=O)OC(C)=O. The van der Waals surface area contributed by atoms with Crippen molar-refractivity contribution in [3.8, 4) is 0 Å². The normalized spacial score (nSPS) is 14.6. The summed E-state index contributed by atoms with van der Waals surface area (Å²) < 4.78 is 23.0. The molecule has 0 heterocycles. The molecule has 0 saturated carbocycles. The van der Waals surface area contributed by atoms with Gasteiger partial charge in [-0.05, 0) is 6.92 Å². The lowest BCUT2D eigenvalue weighted by Gasteiger charge is -2.30. The number of carbonyl (C=O) groups excluding carboxylic acids is 3. The molecule has 150 valence electrons. The van der Waals surface area contributed by atoms with Crippen LogP contribution in [-0.4, -0.2) is 59.3 Å². The average Bonchev–Trinajstić information content (AvgIpc) is 2.47. The smallest absolute Gasteiger partial charge is 0.303 e. The third kappa shape index (κ3) is 11.3. The van der Waals surface area contributed by atoms with Crippen LogP contribution in [0.1, 0.15) is 27.7 Å². The molecule has 3 atom stereocenters. The highest BCUT2D eigenvalue weighted by Crippen LogP contribution is 2.29. The monoisotopic (exact) mass is 435 g/mol. The van der Waals surface area contributed by atoms with E-state index in [-0.39, 0.29) is 6.61 Å². The summed E-state index contributed by atoms with van der Waals surface area (Å²) in [5, 5.41) is 7.65. The van der Waals surface area contributed by atoms with E-state index in [2.05, 4.69) is 0 Å². The number of hydrogen-bond acceptors (Lipinski definition) is 9. The lowest BCUT2D eigenvalue weighted by Crippen LogP contribution is -2.44. The van der Waals surface area contributed by atoms with E-state index in [1.165, 1.54) is 13.8 Å². The molecule has 0 aliphatic rings. The molecule has 0 saturated heterocycles. The van der Waals surface area contributed by atoms with Crippen molar-refractivity contribution in [2.24, 2.45) is 0 Å². The molecule has 0 bridgehead atoms. The Morgan fingerprint density at radius 2 is 1.42 bits per heavy atom. The highest BCUT2D eigenvalue weighted by Gasteiger charge is 2.37. The van der Waals surface area contributed by atoms with Crippen molar-refractivity contribution >= 4 is 58.6 Å². The minimum absolute atomic E-state index is 0.156. The Hall–Kier alpha value is -1.29. The highest BCUT2D eigenvalue weighted by atomic mass is 35.6.